The zero-order chi connectivity index (χ0) is 23.9. The molecule has 1 unspecified atom stereocenters. The number of carbonyl (C=O) groups excluding carboxylic acids is 3. The van der Waals surface area contributed by atoms with Crippen LogP contribution in [0.25, 0.3) is 11.0 Å². The average molecular weight is 492 g/mol. The Bertz CT molecular complexity index is 1330. The third kappa shape index (κ3) is 4.77. The van der Waals surface area contributed by atoms with Crippen molar-refractivity contribution in [3.8, 4) is 0 Å². The van der Waals surface area contributed by atoms with Crippen molar-refractivity contribution in [2.75, 3.05) is 17.2 Å². The van der Waals surface area contributed by atoms with Gasteiger partial charge in [-0.1, -0.05) is 0 Å². The Kier molecular flexibility index (Phi) is 5.72. The van der Waals surface area contributed by atoms with Gasteiger partial charge in [0.1, 0.15) is 5.00 Å². The molecule has 0 spiro atoms. The van der Waals surface area contributed by atoms with Crippen LogP contribution in [0.4, 0.5) is 10.7 Å². The minimum Gasteiger partial charge on any atom is -0.352 e. The second-order valence-corrected chi connectivity index (χ2v) is 10.9. The molecule has 0 aliphatic heterocycles. The zero-order valence-corrected chi connectivity index (χ0v) is 20.1. The van der Waals surface area contributed by atoms with Crippen LogP contribution >= 0.6 is 11.3 Å². The van der Waals surface area contributed by atoms with Crippen molar-refractivity contribution in [1.29, 1.82) is 0 Å². The van der Waals surface area contributed by atoms with Crippen LogP contribution in [0.5, 0.6) is 0 Å². The Morgan fingerprint density at radius 1 is 0.943 bits per heavy atom. The molecule has 3 aromatic rings. The number of rotatable bonds is 7. The molecule has 0 radical (unpaired) electrons. The van der Waals surface area contributed by atoms with E-state index in [1.165, 1.54) is 11.3 Å². The predicted octanol–water partition coefficient (Wildman–Crippen LogP) is 4.17. The Hall–Kier alpha value is -3.33. The summed E-state index contributed by atoms with van der Waals surface area (Å²) in [7, 11) is 0. The fraction of sp³-hybridized carbons (Fsp3) is 0.423. The van der Waals surface area contributed by atoms with Crippen LogP contribution in [0.3, 0.4) is 0 Å². The molecular formula is C26H29N5O3S. The van der Waals surface area contributed by atoms with Crippen LogP contribution < -0.4 is 16.0 Å². The summed E-state index contributed by atoms with van der Waals surface area (Å²) in [4.78, 5) is 48.6. The quantitative estimate of drug-likeness (QED) is 0.459. The molecule has 3 N–H and O–H groups in total. The van der Waals surface area contributed by atoms with Gasteiger partial charge in [-0.2, -0.15) is 0 Å². The molecule has 3 aliphatic carbocycles. The summed E-state index contributed by atoms with van der Waals surface area (Å²) in [5, 5.41) is 9.73. The molecule has 182 valence electrons. The van der Waals surface area contributed by atoms with Gasteiger partial charge in [-0.3, -0.25) is 24.4 Å². The van der Waals surface area contributed by atoms with Crippen LogP contribution in [0.1, 0.15) is 54.3 Å². The van der Waals surface area contributed by atoms with Crippen LogP contribution in [0.15, 0.2) is 30.6 Å². The molecule has 0 saturated heterocycles. The molecule has 0 bridgehead atoms. The first kappa shape index (κ1) is 22.2. The number of fused-ring (bicyclic) bond motifs is 2. The lowest BCUT2D eigenvalue weighted by Gasteiger charge is -2.22. The Morgan fingerprint density at radius 2 is 1.71 bits per heavy atom. The van der Waals surface area contributed by atoms with Crippen molar-refractivity contribution in [2.24, 2.45) is 17.8 Å². The number of nitrogens with one attached hydrogen (secondary N) is 3. The lowest BCUT2D eigenvalue weighted by atomic mass is 9.85. The van der Waals surface area contributed by atoms with E-state index in [4.69, 9.17) is 0 Å². The summed E-state index contributed by atoms with van der Waals surface area (Å²) in [5.41, 5.74) is 3.63. The van der Waals surface area contributed by atoms with Gasteiger partial charge in [0.05, 0.1) is 16.6 Å². The van der Waals surface area contributed by atoms with Crippen LogP contribution in [0.2, 0.25) is 0 Å². The molecule has 6 rings (SSSR count). The van der Waals surface area contributed by atoms with E-state index in [1.54, 1.807) is 12.4 Å². The smallest absolute Gasteiger partial charge is 0.254 e. The number of benzene rings is 1. The Morgan fingerprint density at radius 3 is 2.49 bits per heavy atom. The number of nitrogens with zero attached hydrogens (tertiary/aromatic N) is 2. The van der Waals surface area contributed by atoms with E-state index >= 15 is 0 Å². The first-order chi connectivity index (χ1) is 17.0. The van der Waals surface area contributed by atoms with Crippen LogP contribution in [0, 0.1) is 17.8 Å². The van der Waals surface area contributed by atoms with Gasteiger partial charge in [-0.15, -0.1) is 11.3 Å². The molecule has 3 aliphatic rings. The molecule has 2 aromatic heterocycles. The van der Waals surface area contributed by atoms with Crippen LogP contribution in [-0.4, -0.2) is 34.2 Å². The van der Waals surface area contributed by atoms with E-state index in [2.05, 4.69) is 25.9 Å². The highest BCUT2D eigenvalue weighted by Crippen LogP contribution is 2.41. The number of hydrogen-bond donors (Lipinski definition) is 3. The number of hydrogen-bond acceptors (Lipinski definition) is 6. The van der Waals surface area contributed by atoms with Crippen LogP contribution in [-0.2, 0) is 22.4 Å². The molecule has 1 aromatic carbocycles. The number of aromatic nitrogens is 2. The zero-order valence-electron chi connectivity index (χ0n) is 19.3. The van der Waals surface area contributed by atoms with E-state index < -0.39 is 0 Å². The highest BCUT2D eigenvalue weighted by atomic mass is 32.1. The van der Waals surface area contributed by atoms with E-state index in [-0.39, 0.29) is 31.0 Å². The van der Waals surface area contributed by atoms with Crippen molar-refractivity contribution in [3.05, 3.63) is 46.6 Å². The normalized spacial score (nSPS) is 19.1. The standard InChI is InChI=1S/C26H27N5O3S.H2/c32-23(15-3-4-15)31-26-22(25(34)29-13-14-1-2-14)18-11-16(5-8-21(18)35-26)24(33)30-17-6-7-19-20(12-17)28-10-9-27-19;/h6-7,9-10,12,14-16H,1-5,8,11,13H2,(H,29,34)(H,30,33)(H,31,32);1H. The molecular weight excluding hydrogens is 462 g/mol. The summed E-state index contributed by atoms with van der Waals surface area (Å²) >= 11 is 1.49. The SMILES string of the molecule is O=C(NCC1CC1)c1c(NC(=O)C2CC2)sc2c1CC(C(=O)Nc1ccc3nccnc3c1)CC2.[HH]. The third-order valence-electron chi connectivity index (χ3n) is 7.03. The lowest BCUT2D eigenvalue weighted by molar-refractivity contribution is -0.120. The van der Waals surface area contributed by atoms with Gasteiger partial charge in [0, 0.05) is 42.8 Å². The second kappa shape index (κ2) is 9.03. The monoisotopic (exact) mass is 491 g/mol. The maximum atomic E-state index is 13.2. The predicted molar refractivity (Wildman–Crippen MR) is 137 cm³/mol. The van der Waals surface area contributed by atoms with Crippen molar-refractivity contribution in [1.82, 2.24) is 15.3 Å². The summed E-state index contributed by atoms with van der Waals surface area (Å²) in [6, 6.07) is 5.49. The third-order valence-corrected chi connectivity index (χ3v) is 8.24. The molecule has 3 amide bonds. The van der Waals surface area contributed by atoms with Gasteiger partial charge < -0.3 is 16.0 Å². The maximum absolute atomic E-state index is 13.2. The van der Waals surface area contributed by atoms with Crippen molar-refractivity contribution in [2.45, 2.75) is 44.9 Å². The number of thiophene rings is 1. The molecule has 35 heavy (non-hydrogen) atoms. The number of aryl methyl sites for hydroxylation is 1. The number of carbonyl (C=O) groups is 3. The van der Waals surface area contributed by atoms with Crippen molar-refractivity contribution < 1.29 is 15.8 Å². The molecule has 1 atom stereocenters. The number of amides is 3. The summed E-state index contributed by atoms with van der Waals surface area (Å²) in [5.74, 6) is 0.141. The summed E-state index contributed by atoms with van der Waals surface area (Å²) in [6.45, 7) is 0.661. The molecule has 2 heterocycles. The maximum Gasteiger partial charge on any atom is 0.254 e. The highest BCUT2D eigenvalue weighted by Gasteiger charge is 2.35. The molecule has 2 fully saturated rings. The fourth-order valence-corrected chi connectivity index (χ4v) is 5.87. The topological polar surface area (TPSA) is 113 Å². The average Bonchev–Trinajstić information content (AvgIpc) is 3.79. The Labute approximate surface area is 208 Å². The van der Waals surface area contributed by atoms with Gasteiger partial charge in [0.15, 0.2) is 0 Å². The van der Waals surface area contributed by atoms with E-state index in [0.29, 0.717) is 48.0 Å². The van der Waals surface area contributed by atoms with E-state index in [1.807, 2.05) is 18.2 Å². The largest absolute Gasteiger partial charge is 0.352 e. The fourth-order valence-electron chi connectivity index (χ4n) is 4.63. The highest BCUT2D eigenvalue weighted by molar-refractivity contribution is 7.17. The minimum absolute atomic E-state index is 0. The summed E-state index contributed by atoms with van der Waals surface area (Å²) in [6.07, 6.45) is 9.27. The number of anilines is 2. The van der Waals surface area contributed by atoms with Crippen molar-refractivity contribution >= 4 is 50.8 Å². The van der Waals surface area contributed by atoms with Gasteiger partial charge in [0.2, 0.25) is 11.8 Å². The van der Waals surface area contributed by atoms with Gasteiger partial charge in [-0.25, -0.2) is 0 Å². The lowest BCUT2D eigenvalue weighted by Crippen LogP contribution is -2.31. The van der Waals surface area contributed by atoms with E-state index in [9.17, 15) is 14.4 Å². The van der Waals surface area contributed by atoms with Gasteiger partial charge in [0.25, 0.3) is 5.91 Å². The summed E-state index contributed by atoms with van der Waals surface area (Å²) < 4.78 is 0. The minimum atomic E-state index is -0.253. The molecule has 8 nitrogen and oxygen atoms in total. The van der Waals surface area contributed by atoms with E-state index in [0.717, 1.165) is 47.2 Å². The van der Waals surface area contributed by atoms with Gasteiger partial charge in [-0.05, 0) is 74.6 Å². The molecule has 9 heteroatoms. The van der Waals surface area contributed by atoms with Crippen molar-refractivity contribution in [3.63, 3.8) is 0 Å². The second-order valence-electron chi connectivity index (χ2n) is 9.81. The molecule has 2 saturated carbocycles. The Balaban J connectivity index is 0.00000267. The van der Waals surface area contributed by atoms with Gasteiger partial charge >= 0.3 is 0 Å². The first-order valence-electron chi connectivity index (χ1n) is 12.3. The first-order valence-corrected chi connectivity index (χ1v) is 13.1.